The van der Waals surface area contributed by atoms with Gasteiger partial charge in [0.05, 0.1) is 0 Å². The van der Waals surface area contributed by atoms with Gasteiger partial charge in [-0.3, -0.25) is 0 Å². The second kappa shape index (κ2) is 7.14. The Morgan fingerprint density at radius 1 is 1.42 bits per heavy atom. The first-order valence-electron chi connectivity index (χ1n) is 6.69. The fourth-order valence-corrected chi connectivity index (χ4v) is 1.81. The Hall–Kier alpha value is -1.55. The van der Waals surface area contributed by atoms with E-state index in [9.17, 15) is 4.79 Å². The molecule has 0 aliphatic heterocycles. The van der Waals surface area contributed by atoms with Crippen molar-refractivity contribution in [1.82, 2.24) is 5.32 Å². The monoisotopic (exact) mass is 265 g/mol. The molecule has 4 nitrogen and oxygen atoms in total. The van der Waals surface area contributed by atoms with Gasteiger partial charge < -0.3 is 15.2 Å². The Morgan fingerprint density at radius 2 is 2.11 bits per heavy atom. The first kappa shape index (κ1) is 15.5. The van der Waals surface area contributed by atoms with Crippen molar-refractivity contribution >= 4 is 5.97 Å². The molecule has 2 unspecified atom stereocenters. The summed E-state index contributed by atoms with van der Waals surface area (Å²) in [7, 11) is 0. The van der Waals surface area contributed by atoms with Gasteiger partial charge >= 0.3 is 5.97 Å². The topological polar surface area (TPSA) is 58.6 Å². The summed E-state index contributed by atoms with van der Waals surface area (Å²) >= 11 is 0. The van der Waals surface area contributed by atoms with Gasteiger partial charge in [-0.1, -0.05) is 19.1 Å². The minimum absolute atomic E-state index is 0.136. The normalized spacial score (nSPS) is 13.9. The fraction of sp³-hybridized carbons (Fsp3) is 0.533. The van der Waals surface area contributed by atoms with Crippen molar-refractivity contribution in [2.24, 2.45) is 0 Å². The van der Waals surface area contributed by atoms with Crippen LogP contribution >= 0.6 is 0 Å². The van der Waals surface area contributed by atoms with Crippen LogP contribution < -0.4 is 10.1 Å². The van der Waals surface area contributed by atoms with E-state index in [2.05, 4.69) is 19.2 Å². The van der Waals surface area contributed by atoms with Gasteiger partial charge in [-0.2, -0.15) is 0 Å². The van der Waals surface area contributed by atoms with E-state index < -0.39 is 12.1 Å². The Labute approximate surface area is 114 Å². The average Bonchev–Trinajstić information content (AvgIpc) is 2.36. The van der Waals surface area contributed by atoms with E-state index in [1.165, 1.54) is 0 Å². The Morgan fingerprint density at radius 3 is 2.68 bits per heavy atom. The molecule has 0 saturated heterocycles. The van der Waals surface area contributed by atoms with E-state index in [-0.39, 0.29) is 6.04 Å². The molecule has 4 heteroatoms. The highest BCUT2D eigenvalue weighted by molar-refractivity contribution is 5.72. The van der Waals surface area contributed by atoms with Gasteiger partial charge in [0.25, 0.3) is 0 Å². The van der Waals surface area contributed by atoms with Crippen LogP contribution in [0.4, 0.5) is 0 Å². The first-order chi connectivity index (χ1) is 8.95. The zero-order valence-corrected chi connectivity index (χ0v) is 12.1. The van der Waals surface area contributed by atoms with Gasteiger partial charge in [0, 0.05) is 11.6 Å². The molecule has 2 atom stereocenters. The van der Waals surface area contributed by atoms with E-state index in [4.69, 9.17) is 9.84 Å². The third-order valence-corrected chi connectivity index (χ3v) is 2.99. The van der Waals surface area contributed by atoms with Crippen molar-refractivity contribution < 1.29 is 14.6 Å². The van der Waals surface area contributed by atoms with Crippen LogP contribution in [0.2, 0.25) is 0 Å². The molecule has 1 aromatic carbocycles. The molecule has 0 aromatic heterocycles. The number of aryl methyl sites for hydroxylation is 1. The zero-order chi connectivity index (χ0) is 14.4. The molecule has 0 bridgehead atoms. The van der Waals surface area contributed by atoms with E-state index in [0.29, 0.717) is 5.75 Å². The van der Waals surface area contributed by atoms with Gasteiger partial charge in [0.2, 0.25) is 0 Å². The summed E-state index contributed by atoms with van der Waals surface area (Å²) in [5.41, 5.74) is 2.05. The van der Waals surface area contributed by atoms with Crippen LogP contribution in [0.15, 0.2) is 18.2 Å². The molecule has 2 N–H and O–H groups in total. The van der Waals surface area contributed by atoms with Crippen molar-refractivity contribution in [3.05, 3.63) is 29.3 Å². The maximum Gasteiger partial charge on any atom is 0.344 e. The lowest BCUT2D eigenvalue weighted by Gasteiger charge is -2.20. The van der Waals surface area contributed by atoms with Gasteiger partial charge in [-0.15, -0.1) is 0 Å². The van der Waals surface area contributed by atoms with Crippen LogP contribution in [-0.2, 0) is 4.79 Å². The smallest absolute Gasteiger partial charge is 0.344 e. The third kappa shape index (κ3) is 4.56. The highest BCUT2D eigenvalue weighted by Gasteiger charge is 2.17. The number of ether oxygens (including phenoxy) is 1. The molecular weight excluding hydrogens is 242 g/mol. The van der Waals surface area contributed by atoms with E-state index in [1.54, 1.807) is 6.92 Å². The minimum atomic E-state index is -0.957. The predicted octanol–water partition coefficient (Wildman–Crippen LogP) is 2.91. The molecular formula is C15H23NO3. The van der Waals surface area contributed by atoms with Gasteiger partial charge in [0.15, 0.2) is 6.10 Å². The number of benzene rings is 1. The van der Waals surface area contributed by atoms with Crippen molar-refractivity contribution in [3.8, 4) is 5.75 Å². The Balaban J connectivity index is 2.93. The largest absolute Gasteiger partial charge is 0.479 e. The van der Waals surface area contributed by atoms with Crippen molar-refractivity contribution in [3.63, 3.8) is 0 Å². The number of carboxylic acids is 1. The summed E-state index contributed by atoms with van der Waals surface area (Å²) < 4.78 is 5.55. The highest BCUT2D eigenvalue weighted by atomic mass is 16.5. The number of aliphatic carboxylic acids is 1. The molecule has 0 heterocycles. The number of hydrogen-bond acceptors (Lipinski definition) is 3. The van der Waals surface area contributed by atoms with Crippen molar-refractivity contribution in [2.75, 3.05) is 6.54 Å². The Bertz CT molecular complexity index is 431. The van der Waals surface area contributed by atoms with E-state index in [1.807, 2.05) is 25.1 Å². The standard InChI is InChI=1S/C15H23NO3/c1-5-8-16-11(3)13-7-6-10(2)9-14(13)19-12(4)15(17)18/h6-7,9,11-12,16H,5,8H2,1-4H3,(H,17,18). The second-order valence-electron chi connectivity index (χ2n) is 4.82. The SMILES string of the molecule is CCCNC(C)c1ccc(C)cc1OC(C)C(=O)O. The Kier molecular flexibility index (Phi) is 5.83. The highest BCUT2D eigenvalue weighted by Crippen LogP contribution is 2.27. The van der Waals surface area contributed by atoms with Crippen LogP contribution in [0.1, 0.15) is 44.4 Å². The average molecular weight is 265 g/mol. The summed E-state index contributed by atoms with van der Waals surface area (Å²) in [6.07, 6.45) is 0.205. The van der Waals surface area contributed by atoms with Gasteiger partial charge in [0.1, 0.15) is 5.75 Å². The molecule has 106 valence electrons. The van der Waals surface area contributed by atoms with Gasteiger partial charge in [-0.25, -0.2) is 4.79 Å². The lowest BCUT2D eigenvalue weighted by Crippen LogP contribution is -2.25. The van der Waals surface area contributed by atoms with Crippen LogP contribution in [0.5, 0.6) is 5.75 Å². The van der Waals surface area contributed by atoms with Crippen molar-refractivity contribution in [1.29, 1.82) is 0 Å². The van der Waals surface area contributed by atoms with Crippen LogP contribution in [0.3, 0.4) is 0 Å². The second-order valence-corrected chi connectivity index (χ2v) is 4.82. The summed E-state index contributed by atoms with van der Waals surface area (Å²) in [4.78, 5) is 10.9. The summed E-state index contributed by atoms with van der Waals surface area (Å²) in [5.74, 6) is -0.312. The summed E-state index contributed by atoms with van der Waals surface area (Å²) in [5, 5.41) is 12.3. The quantitative estimate of drug-likeness (QED) is 0.796. The first-order valence-corrected chi connectivity index (χ1v) is 6.69. The third-order valence-electron chi connectivity index (χ3n) is 2.99. The number of rotatable bonds is 7. The molecule has 19 heavy (non-hydrogen) atoms. The molecule has 0 radical (unpaired) electrons. The summed E-state index contributed by atoms with van der Waals surface area (Å²) in [6, 6.07) is 6.03. The zero-order valence-electron chi connectivity index (χ0n) is 12.1. The summed E-state index contributed by atoms with van der Waals surface area (Å²) in [6.45, 7) is 8.59. The molecule has 0 spiro atoms. The number of hydrogen-bond donors (Lipinski definition) is 2. The van der Waals surface area contributed by atoms with Crippen LogP contribution in [-0.4, -0.2) is 23.7 Å². The van der Waals surface area contributed by atoms with Crippen LogP contribution in [0.25, 0.3) is 0 Å². The molecule has 0 amide bonds. The van der Waals surface area contributed by atoms with E-state index in [0.717, 1.165) is 24.1 Å². The molecule has 1 rings (SSSR count). The number of carbonyl (C=O) groups is 1. The lowest BCUT2D eigenvalue weighted by atomic mass is 10.0. The molecule has 1 aromatic rings. The number of carboxylic acid groups (broad SMARTS) is 1. The predicted molar refractivity (Wildman–Crippen MR) is 75.6 cm³/mol. The molecule has 0 fully saturated rings. The molecule has 0 saturated carbocycles. The number of nitrogens with one attached hydrogen (secondary N) is 1. The van der Waals surface area contributed by atoms with Gasteiger partial charge in [-0.05, 0) is 45.4 Å². The molecule has 0 aliphatic rings. The minimum Gasteiger partial charge on any atom is -0.479 e. The van der Waals surface area contributed by atoms with E-state index >= 15 is 0 Å². The lowest BCUT2D eigenvalue weighted by molar-refractivity contribution is -0.144. The maximum atomic E-state index is 10.9. The maximum absolute atomic E-state index is 10.9. The molecule has 0 aliphatic carbocycles. The van der Waals surface area contributed by atoms with Crippen molar-refractivity contribution in [2.45, 2.75) is 46.3 Å². The fourth-order valence-electron chi connectivity index (χ4n) is 1.81. The van der Waals surface area contributed by atoms with Crippen LogP contribution in [0, 0.1) is 6.92 Å².